The number of aromatic carboxylic acids is 1. The molecule has 3 aromatic rings. The topological polar surface area (TPSA) is 78.1 Å². The van der Waals surface area contributed by atoms with Gasteiger partial charge in [-0.2, -0.15) is 13.2 Å². The molecule has 0 radical (unpaired) electrons. The van der Waals surface area contributed by atoms with Gasteiger partial charge in [0.15, 0.2) is 0 Å². The minimum Gasteiger partial charge on any atom is -0.477 e. The highest BCUT2D eigenvalue weighted by atomic mass is 19.4. The summed E-state index contributed by atoms with van der Waals surface area (Å²) in [6.07, 6.45) is -1.75. The molecular weight excluding hydrogens is 492 g/mol. The van der Waals surface area contributed by atoms with E-state index in [1.54, 1.807) is 21.6 Å². The Bertz CT molecular complexity index is 1450. The highest BCUT2D eigenvalue weighted by Gasteiger charge is 2.41. The van der Waals surface area contributed by atoms with Gasteiger partial charge in [-0.15, -0.1) is 0 Å². The van der Waals surface area contributed by atoms with E-state index in [0.29, 0.717) is 5.52 Å². The van der Waals surface area contributed by atoms with Gasteiger partial charge in [0.25, 0.3) is 0 Å². The summed E-state index contributed by atoms with van der Waals surface area (Å²) in [5.41, 5.74) is 0.482. The van der Waals surface area contributed by atoms with Crippen LogP contribution >= 0.6 is 0 Å². The van der Waals surface area contributed by atoms with E-state index in [4.69, 9.17) is 0 Å². The molecule has 11 heteroatoms. The Kier molecular flexibility index (Phi) is 6.17. The van der Waals surface area contributed by atoms with Crippen LogP contribution in [0.15, 0.2) is 52.4 Å². The molecule has 0 unspecified atom stereocenters. The number of aliphatic imine (C=N–C) groups is 1. The predicted molar refractivity (Wildman–Crippen MR) is 132 cm³/mol. The Morgan fingerprint density at radius 3 is 2.27 bits per heavy atom. The predicted octanol–water partition coefficient (Wildman–Crippen LogP) is 4.90. The maximum Gasteiger partial charge on any atom is 0.449 e. The zero-order chi connectivity index (χ0) is 26.5. The number of aromatic nitrogens is 1. The molecule has 1 saturated heterocycles. The van der Waals surface area contributed by atoms with Gasteiger partial charge in [-0.3, -0.25) is 4.79 Å². The van der Waals surface area contributed by atoms with Crippen molar-refractivity contribution in [3.63, 3.8) is 0 Å². The van der Waals surface area contributed by atoms with Crippen molar-refractivity contribution >= 4 is 34.1 Å². The Labute approximate surface area is 209 Å². The molecule has 2 heterocycles. The third-order valence-corrected chi connectivity index (χ3v) is 6.71. The summed E-state index contributed by atoms with van der Waals surface area (Å²) < 4.78 is 58.4. The molecule has 0 bridgehead atoms. The maximum atomic E-state index is 15.2. The number of carboxylic acid groups (broad SMARTS) is 1. The van der Waals surface area contributed by atoms with Crippen LogP contribution < -0.4 is 10.3 Å². The number of fused-ring (bicyclic) bond motifs is 1. The molecule has 0 atom stereocenters. The van der Waals surface area contributed by atoms with Crippen LogP contribution in [0.1, 0.15) is 34.8 Å². The number of aryl methyl sites for hydroxylation is 1. The number of alkyl halides is 3. The fraction of sp³-hybridized carbons (Fsp3) is 0.346. The van der Waals surface area contributed by atoms with Crippen molar-refractivity contribution < 1.29 is 27.5 Å². The van der Waals surface area contributed by atoms with Crippen LogP contribution in [-0.4, -0.2) is 58.7 Å². The largest absolute Gasteiger partial charge is 0.477 e. The summed E-state index contributed by atoms with van der Waals surface area (Å²) in [7, 11) is 0. The minimum absolute atomic E-state index is 0.0173. The lowest BCUT2D eigenvalue weighted by molar-refractivity contribution is -0.0690. The molecule has 0 spiro atoms. The number of halogens is 4. The summed E-state index contributed by atoms with van der Waals surface area (Å²) in [6.45, 7) is 1.97. The zero-order valence-corrected chi connectivity index (χ0v) is 19.9. The first-order valence-corrected chi connectivity index (χ1v) is 11.9. The van der Waals surface area contributed by atoms with E-state index in [2.05, 4.69) is 4.99 Å². The van der Waals surface area contributed by atoms with Crippen LogP contribution in [0, 0.1) is 12.7 Å². The Morgan fingerprint density at radius 1 is 1.05 bits per heavy atom. The molecular formula is C26H24F4N4O3. The summed E-state index contributed by atoms with van der Waals surface area (Å²) in [6, 6.07) is 8.97. The van der Waals surface area contributed by atoms with Crippen molar-refractivity contribution in [1.82, 2.24) is 9.47 Å². The van der Waals surface area contributed by atoms with Gasteiger partial charge in [-0.05, 0) is 44.0 Å². The number of carboxylic acids is 1. The second-order valence-electron chi connectivity index (χ2n) is 9.38. The highest BCUT2D eigenvalue weighted by molar-refractivity contribution is 5.94. The molecule has 2 aliphatic rings. The molecule has 1 aromatic heterocycles. The number of piperazine rings is 1. The fourth-order valence-corrected chi connectivity index (χ4v) is 4.62. The second kappa shape index (κ2) is 9.20. The Hall–Kier alpha value is -3.89. The van der Waals surface area contributed by atoms with Gasteiger partial charge in [0.05, 0.1) is 16.9 Å². The molecule has 1 aliphatic heterocycles. The third-order valence-electron chi connectivity index (χ3n) is 6.71. The van der Waals surface area contributed by atoms with Crippen LogP contribution in [0.5, 0.6) is 0 Å². The van der Waals surface area contributed by atoms with Crippen LogP contribution in [0.2, 0.25) is 0 Å². The molecule has 1 aliphatic carbocycles. The van der Waals surface area contributed by atoms with E-state index >= 15 is 4.39 Å². The Balaban J connectivity index is 1.44. The third kappa shape index (κ3) is 4.90. The van der Waals surface area contributed by atoms with Crippen molar-refractivity contribution in [3.05, 3.63) is 69.8 Å². The molecule has 2 aromatic carbocycles. The van der Waals surface area contributed by atoms with Crippen molar-refractivity contribution in [2.24, 2.45) is 4.99 Å². The summed E-state index contributed by atoms with van der Waals surface area (Å²) in [4.78, 5) is 30.9. The zero-order valence-electron chi connectivity index (χ0n) is 19.9. The number of amidine groups is 1. The molecule has 0 amide bonds. The van der Waals surface area contributed by atoms with E-state index in [0.717, 1.165) is 29.4 Å². The van der Waals surface area contributed by atoms with Gasteiger partial charge in [0, 0.05) is 43.8 Å². The molecule has 5 rings (SSSR count). The molecule has 194 valence electrons. The van der Waals surface area contributed by atoms with E-state index < -0.39 is 34.8 Å². The summed E-state index contributed by atoms with van der Waals surface area (Å²) >= 11 is 0. The van der Waals surface area contributed by atoms with Crippen LogP contribution in [0.25, 0.3) is 10.9 Å². The van der Waals surface area contributed by atoms with Crippen LogP contribution in [-0.2, 0) is 0 Å². The quantitative estimate of drug-likeness (QED) is 0.303. The molecule has 37 heavy (non-hydrogen) atoms. The van der Waals surface area contributed by atoms with E-state index in [1.807, 2.05) is 6.92 Å². The number of hydrogen-bond donors (Lipinski definition) is 1. The van der Waals surface area contributed by atoms with Gasteiger partial charge in [0.2, 0.25) is 11.3 Å². The average Bonchev–Trinajstić information content (AvgIpc) is 3.69. The van der Waals surface area contributed by atoms with Crippen molar-refractivity contribution in [1.29, 1.82) is 0 Å². The average molecular weight is 516 g/mol. The van der Waals surface area contributed by atoms with Gasteiger partial charge < -0.3 is 19.5 Å². The first-order valence-electron chi connectivity index (χ1n) is 11.9. The van der Waals surface area contributed by atoms with Crippen molar-refractivity contribution in [3.8, 4) is 0 Å². The Morgan fingerprint density at radius 2 is 1.70 bits per heavy atom. The van der Waals surface area contributed by atoms with Gasteiger partial charge in [-0.25, -0.2) is 14.2 Å². The molecule has 1 N–H and O–H groups in total. The van der Waals surface area contributed by atoms with Gasteiger partial charge >= 0.3 is 12.1 Å². The standard InChI is InChI=1S/C26H24F4N4O3/c1-15-2-4-16(5-3-15)31-25(26(28,29)30)33-10-8-32(9-11-33)22-13-21-18(12-20(22)27)23(35)19(24(36)37)14-34(21)17-6-7-17/h2-5,12-14,17H,6-11H2,1H3,(H,36,37). The van der Waals surface area contributed by atoms with Crippen molar-refractivity contribution in [2.75, 3.05) is 31.1 Å². The fourth-order valence-electron chi connectivity index (χ4n) is 4.62. The number of pyridine rings is 1. The van der Waals surface area contributed by atoms with E-state index in [9.17, 15) is 27.9 Å². The van der Waals surface area contributed by atoms with Crippen LogP contribution in [0.3, 0.4) is 0 Å². The van der Waals surface area contributed by atoms with Gasteiger partial charge in [0.1, 0.15) is 11.4 Å². The number of rotatable bonds is 4. The smallest absolute Gasteiger partial charge is 0.449 e. The highest BCUT2D eigenvalue weighted by Crippen LogP contribution is 2.38. The van der Waals surface area contributed by atoms with Crippen LogP contribution in [0.4, 0.5) is 28.9 Å². The van der Waals surface area contributed by atoms with Gasteiger partial charge in [-0.1, -0.05) is 17.7 Å². The lowest BCUT2D eigenvalue weighted by Crippen LogP contribution is -2.52. The number of anilines is 1. The van der Waals surface area contributed by atoms with E-state index in [-0.39, 0.29) is 49.0 Å². The number of hydrogen-bond acceptors (Lipinski definition) is 4. The molecule has 2 fully saturated rings. The summed E-state index contributed by atoms with van der Waals surface area (Å²) in [5.74, 6) is -3.11. The number of benzene rings is 2. The maximum absolute atomic E-state index is 15.2. The number of nitrogens with zero attached hydrogens (tertiary/aromatic N) is 4. The minimum atomic E-state index is -4.66. The molecule has 1 saturated carbocycles. The van der Waals surface area contributed by atoms with E-state index in [1.165, 1.54) is 24.4 Å². The lowest BCUT2D eigenvalue weighted by atomic mass is 10.1. The number of carbonyl (C=O) groups is 1. The molecule has 7 nitrogen and oxygen atoms in total. The normalized spacial score (nSPS) is 16.9. The monoisotopic (exact) mass is 516 g/mol. The summed E-state index contributed by atoms with van der Waals surface area (Å²) in [5, 5.41) is 9.37. The first-order chi connectivity index (χ1) is 17.5. The SMILES string of the molecule is Cc1ccc(N=C(N2CCN(c3cc4c(cc3F)c(=O)c(C(=O)O)cn4C3CC3)CC2)C(F)(F)F)cc1. The van der Waals surface area contributed by atoms with Crippen molar-refractivity contribution in [2.45, 2.75) is 32.0 Å². The first kappa shape index (κ1) is 24.8. The second-order valence-corrected chi connectivity index (χ2v) is 9.38. The lowest BCUT2D eigenvalue weighted by Gasteiger charge is -2.38.